The first-order valence-corrected chi connectivity index (χ1v) is 8.53. The molecule has 4 heteroatoms. The summed E-state index contributed by atoms with van der Waals surface area (Å²) < 4.78 is 0. The van der Waals surface area contributed by atoms with Crippen molar-refractivity contribution in [2.24, 2.45) is 29.4 Å². The molecule has 4 aliphatic carbocycles. The highest BCUT2D eigenvalue weighted by Crippen LogP contribution is 2.55. The topological polar surface area (TPSA) is 55.1 Å². The summed E-state index contributed by atoms with van der Waals surface area (Å²) in [4.78, 5) is 12.9. The van der Waals surface area contributed by atoms with Gasteiger partial charge in [0.05, 0.1) is 10.9 Å². The molecule has 1 amide bonds. The average molecular weight is 294 g/mol. The lowest BCUT2D eigenvalue weighted by molar-refractivity contribution is -0.129. The molecule has 0 aromatic carbocycles. The molecule has 1 atom stereocenters. The van der Waals surface area contributed by atoms with Crippen molar-refractivity contribution in [2.45, 2.75) is 63.8 Å². The predicted molar refractivity (Wildman–Crippen MR) is 84.2 cm³/mol. The zero-order valence-electron chi connectivity index (χ0n) is 12.4. The Morgan fingerprint density at radius 1 is 1.25 bits per heavy atom. The molecule has 112 valence electrons. The fraction of sp³-hybridized carbons (Fsp3) is 0.875. The molecular weight excluding hydrogens is 268 g/mol. The summed E-state index contributed by atoms with van der Waals surface area (Å²) in [6.45, 7) is 2.07. The predicted octanol–water partition coefficient (Wildman–Crippen LogP) is 2.77. The lowest BCUT2D eigenvalue weighted by Gasteiger charge is -2.57. The molecule has 4 saturated carbocycles. The van der Waals surface area contributed by atoms with E-state index in [1.807, 2.05) is 0 Å². The van der Waals surface area contributed by atoms with Crippen LogP contribution < -0.4 is 11.1 Å². The summed E-state index contributed by atoms with van der Waals surface area (Å²) in [5, 5.41) is 3.38. The van der Waals surface area contributed by atoms with Crippen LogP contribution in [0.4, 0.5) is 0 Å². The maximum absolute atomic E-state index is 12.6. The van der Waals surface area contributed by atoms with Crippen molar-refractivity contribution in [3.8, 4) is 0 Å². The zero-order chi connectivity index (χ0) is 14.3. The second kappa shape index (κ2) is 5.28. The van der Waals surface area contributed by atoms with Gasteiger partial charge in [-0.2, -0.15) is 0 Å². The van der Waals surface area contributed by atoms with Crippen LogP contribution in [0.15, 0.2) is 0 Å². The van der Waals surface area contributed by atoms with Gasteiger partial charge in [0.1, 0.15) is 0 Å². The smallest absolute Gasteiger partial charge is 0.230 e. The van der Waals surface area contributed by atoms with E-state index in [9.17, 15) is 4.79 Å². The van der Waals surface area contributed by atoms with E-state index in [4.69, 9.17) is 18.0 Å². The van der Waals surface area contributed by atoms with Crippen molar-refractivity contribution in [1.82, 2.24) is 5.32 Å². The molecule has 20 heavy (non-hydrogen) atoms. The molecule has 4 rings (SSSR count). The molecule has 0 aromatic rings. The molecule has 3 nitrogen and oxygen atoms in total. The first-order chi connectivity index (χ1) is 9.51. The van der Waals surface area contributed by atoms with E-state index >= 15 is 0 Å². The van der Waals surface area contributed by atoms with Gasteiger partial charge in [-0.1, -0.05) is 25.6 Å². The van der Waals surface area contributed by atoms with Gasteiger partial charge in [-0.3, -0.25) is 4.79 Å². The SMILES string of the molecule is CCCC(C(=O)NC12CC3CC(CC(C3)C1)C2)C(N)=S. The molecule has 4 bridgehead atoms. The third kappa shape index (κ3) is 2.59. The fourth-order valence-electron chi connectivity index (χ4n) is 5.30. The number of thiocarbonyl (C=S) groups is 1. The number of nitrogens with two attached hydrogens (primary N) is 1. The minimum absolute atomic E-state index is 0.0720. The van der Waals surface area contributed by atoms with Crippen LogP contribution >= 0.6 is 12.2 Å². The van der Waals surface area contributed by atoms with Gasteiger partial charge in [-0.25, -0.2) is 0 Å². The Labute approximate surface area is 127 Å². The normalized spacial score (nSPS) is 39.5. The quantitative estimate of drug-likeness (QED) is 0.767. The Kier molecular flexibility index (Phi) is 3.78. The second-order valence-electron chi connectivity index (χ2n) is 7.43. The van der Waals surface area contributed by atoms with Crippen molar-refractivity contribution in [3.05, 3.63) is 0 Å². The molecule has 4 aliphatic rings. The molecule has 0 heterocycles. The Bertz CT molecular complexity index is 385. The second-order valence-corrected chi connectivity index (χ2v) is 7.90. The molecule has 1 unspecified atom stereocenters. The first-order valence-electron chi connectivity index (χ1n) is 8.12. The van der Waals surface area contributed by atoms with Crippen LogP contribution in [0.25, 0.3) is 0 Å². The summed E-state index contributed by atoms with van der Waals surface area (Å²) in [5.74, 6) is 2.34. The van der Waals surface area contributed by atoms with Crippen LogP contribution in [-0.4, -0.2) is 16.4 Å². The number of nitrogens with one attached hydrogen (secondary N) is 1. The van der Waals surface area contributed by atoms with E-state index in [2.05, 4.69) is 12.2 Å². The summed E-state index contributed by atoms with van der Waals surface area (Å²) in [6.07, 6.45) is 9.43. The highest BCUT2D eigenvalue weighted by molar-refractivity contribution is 7.80. The van der Waals surface area contributed by atoms with Crippen LogP contribution in [0.5, 0.6) is 0 Å². The lowest BCUT2D eigenvalue weighted by Crippen LogP contribution is -2.61. The van der Waals surface area contributed by atoms with Gasteiger partial charge >= 0.3 is 0 Å². The van der Waals surface area contributed by atoms with Crippen LogP contribution in [-0.2, 0) is 4.79 Å². The monoisotopic (exact) mass is 294 g/mol. The molecule has 0 aliphatic heterocycles. The number of hydrogen-bond acceptors (Lipinski definition) is 2. The van der Waals surface area contributed by atoms with Gasteiger partial charge in [-0.15, -0.1) is 0 Å². The van der Waals surface area contributed by atoms with E-state index in [0.29, 0.717) is 4.99 Å². The largest absolute Gasteiger partial charge is 0.393 e. The van der Waals surface area contributed by atoms with Gasteiger partial charge < -0.3 is 11.1 Å². The fourth-order valence-corrected chi connectivity index (χ4v) is 5.53. The molecular formula is C16H26N2OS. The van der Waals surface area contributed by atoms with Gasteiger partial charge in [0.25, 0.3) is 0 Å². The third-order valence-corrected chi connectivity index (χ3v) is 5.95. The molecule has 0 aromatic heterocycles. The van der Waals surface area contributed by atoms with E-state index in [0.717, 1.165) is 30.6 Å². The molecule has 0 spiro atoms. The minimum atomic E-state index is -0.275. The summed E-state index contributed by atoms with van der Waals surface area (Å²) in [6, 6.07) is 0. The minimum Gasteiger partial charge on any atom is -0.393 e. The number of hydrogen-bond donors (Lipinski definition) is 2. The van der Waals surface area contributed by atoms with Crippen molar-refractivity contribution in [1.29, 1.82) is 0 Å². The Morgan fingerprint density at radius 2 is 1.75 bits per heavy atom. The number of rotatable bonds is 5. The molecule has 0 saturated heterocycles. The average Bonchev–Trinajstić information content (AvgIpc) is 2.32. The Balaban J connectivity index is 1.70. The van der Waals surface area contributed by atoms with Crippen LogP contribution in [0.1, 0.15) is 58.3 Å². The zero-order valence-corrected chi connectivity index (χ0v) is 13.2. The molecule has 3 N–H and O–H groups in total. The summed E-state index contributed by atoms with van der Waals surface area (Å²) >= 11 is 5.09. The van der Waals surface area contributed by atoms with Crippen molar-refractivity contribution in [3.63, 3.8) is 0 Å². The standard InChI is InChI=1S/C16H26N2OS/c1-2-3-13(14(17)20)15(19)18-16-7-10-4-11(8-16)6-12(5-10)9-16/h10-13H,2-9H2,1H3,(H2,17,20)(H,18,19). The lowest BCUT2D eigenvalue weighted by atomic mass is 9.53. The van der Waals surface area contributed by atoms with Crippen molar-refractivity contribution < 1.29 is 4.79 Å². The van der Waals surface area contributed by atoms with Crippen molar-refractivity contribution in [2.75, 3.05) is 0 Å². The van der Waals surface area contributed by atoms with E-state index in [-0.39, 0.29) is 17.4 Å². The number of amides is 1. The van der Waals surface area contributed by atoms with Crippen LogP contribution in [0, 0.1) is 23.7 Å². The summed E-state index contributed by atoms with van der Waals surface area (Å²) in [5.41, 5.74) is 5.83. The highest BCUT2D eigenvalue weighted by atomic mass is 32.1. The third-order valence-electron chi connectivity index (χ3n) is 5.66. The number of carbonyl (C=O) groups is 1. The number of carbonyl (C=O) groups excluding carboxylic acids is 1. The van der Waals surface area contributed by atoms with Crippen molar-refractivity contribution >= 4 is 23.1 Å². The van der Waals surface area contributed by atoms with E-state index < -0.39 is 0 Å². The van der Waals surface area contributed by atoms with Gasteiger partial charge in [0.15, 0.2) is 0 Å². The highest BCUT2D eigenvalue weighted by Gasteiger charge is 2.51. The van der Waals surface area contributed by atoms with E-state index in [1.165, 1.54) is 38.5 Å². The van der Waals surface area contributed by atoms with Gasteiger partial charge in [0.2, 0.25) is 5.91 Å². The summed E-state index contributed by atoms with van der Waals surface area (Å²) in [7, 11) is 0. The maximum atomic E-state index is 12.6. The van der Waals surface area contributed by atoms with Crippen LogP contribution in [0.2, 0.25) is 0 Å². The maximum Gasteiger partial charge on any atom is 0.230 e. The Hall–Kier alpha value is -0.640. The molecule has 4 fully saturated rings. The van der Waals surface area contributed by atoms with E-state index in [1.54, 1.807) is 0 Å². The van der Waals surface area contributed by atoms with Gasteiger partial charge in [0, 0.05) is 5.54 Å². The molecule has 0 radical (unpaired) electrons. The first kappa shape index (κ1) is 14.3. The van der Waals surface area contributed by atoms with Crippen LogP contribution in [0.3, 0.4) is 0 Å². The Morgan fingerprint density at radius 3 is 2.15 bits per heavy atom. The van der Waals surface area contributed by atoms with Gasteiger partial charge in [-0.05, 0) is 62.7 Å².